The fourth-order valence-electron chi connectivity index (χ4n) is 4.51. The number of guanidine groups is 1. The Labute approximate surface area is 260 Å². The molecule has 0 saturated heterocycles. The zero-order chi connectivity index (χ0) is 32.5. The van der Waals surface area contributed by atoms with Crippen LogP contribution in [0.25, 0.3) is 16.7 Å². The second-order valence-electron chi connectivity index (χ2n) is 13.2. The number of nitrogens with two attached hydrogens (primary N) is 3. The van der Waals surface area contributed by atoms with E-state index in [4.69, 9.17) is 22.3 Å². The van der Waals surface area contributed by atoms with Crippen LogP contribution in [-0.2, 0) is 23.8 Å². The first-order chi connectivity index (χ1) is 20.7. The molecule has 0 aliphatic heterocycles. The number of hydrogen-bond acceptors (Lipinski definition) is 6. The van der Waals surface area contributed by atoms with Crippen LogP contribution in [-0.4, -0.2) is 51.3 Å². The number of aromatic nitrogens is 3. The number of H-pyrrole nitrogens is 1. The molecule has 4 rings (SSSR count). The van der Waals surface area contributed by atoms with Crippen molar-refractivity contribution >= 4 is 17.0 Å². The number of aliphatic imine (C=N–C) groups is 1. The molecule has 10 heteroatoms. The van der Waals surface area contributed by atoms with Gasteiger partial charge in [-0.25, -0.2) is 4.79 Å². The average Bonchev–Trinajstić information content (AvgIpc) is 3.38. The topological polar surface area (TPSA) is 173 Å². The Balaban J connectivity index is 0.000000297. The van der Waals surface area contributed by atoms with Gasteiger partial charge in [-0.3, -0.25) is 9.56 Å². The summed E-state index contributed by atoms with van der Waals surface area (Å²) >= 11 is 0. The van der Waals surface area contributed by atoms with E-state index in [1.165, 1.54) is 11.1 Å². The summed E-state index contributed by atoms with van der Waals surface area (Å²) in [6.45, 7) is 15.2. The highest BCUT2D eigenvalue weighted by Gasteiger charge is 2.18. The number of nitrogens with one attached hydrogen (secondary N) is 2. The zero-order valence-electron chi connectivity index (χ0n) is 27.0. The molecule has 0 amide bonds. The summed E-state index contributed by atoms with van der Waals surface area (Å²) in [5, 5.41) is 13.1. The lowest BCUT2D eigenvalue weighted by Gasteiger charge is -2.19. The summed E-state index contributed by atoms with van der Waals surface area (Å²) in [6.07, 6.45) is 3.44. The van der Waals surface area contributed by atoms with Crippen molar-refractivity contribution < 1.29 is 5.11 Å². The summed E-state index contributed by atoms with van der Waals surface area (Å²) in [5.41, 5.74) is 22.2. The molecular weight excluding hydrogens is 552 g/mol. The molecule has 0 fully saturated rings. The Morgan fingerprint density at radius 2 is 1.64 bits per heavy atom. The van der Waals surface area contributed by atoms with Gasteiger partial charge in [0.1, 0.15) is 5.65 Å². The third-order valence-corrected chi connectivity index (χ3v) is 7.22. The van der Waals surface area contributed by atoms with Gasteiger partial charge in [-0.15, -0.1) is 0 Å². The van der Waals surface area contributed by atoms with Gasteiger partial charge >= 0.3 is 5.69 Å². The van der Waals surface area contributed by atoms with Gasteiger partial charge < -0.3 is 32.6 Å². The van der Waals surface area contributed by atoms with Crippen LogP contribution in [0.15, 0.2) is 70.6 Å². The maximum atomic E-state index is 12.5. The number of aliphatic hydroxyl groups excluding tert-OH is 1. The van der Waals surface area contributed by atoms with Crippen LogP contribution >= 0.6 is 0 Å². The number of aromatic amines is 1. The lowest BCUT2D eigenvalue weighted by Crippen LogP contribution is -2.26. The monoisotopic (exact) mass is 602 g/mol. The summed E-state index contributed by atoms with van der Waals surface area (Å²) in [6, 6.07) is 18.2. The Morgan fingerprint density at radius 3 is 2.20 bits per heavy atom. The van der Waals surface area contributed by atoms with E-state index in [0.29, 0.717) is 12.2 Å². The van der Waals surface area contributed by atoms with Gasteiger partial charge in [0.05, 0.1) is 12.3 Å². The first-order valence-electron chi connectivity index (χ1n) is 15.1. The molecule has 2 aromatic heterocycles. The molecule has 0 radical (unpaired) electrons. The molecule has 9 N–H and O–H groups in total. The van der Waals surface area contributed by atoms with Gasteiger partial charge in [0.25, 0.3) is 0 Å². The number of fused-ring (bicyclic) bond motifs is 1. The first-order valence-corrected chi connectivity index (χ1v) is 15.1. The van der Waals surface area contributed by atoms with E-state index in [-0.39, 0.29) is 35.1 Å². The maximum absolute atomic E-state index is 12.5. The third-order valence-electron chi connectivity index (χ3n) is 7.22. The van der Waals surface area contributed by atoms with E-state index in [1.54, 1.807) is 4.57 Å². The van der Waals surface area contributed by atoms with Crippen molar-refractivity contribution in [2.75, 3.05) is 19.7 Å². The Morgan fingerprint density at radius 1 is 1.00 bits per heavy atom. The fourth-order valence-corrected chi connectivity index (χ4v) is 4.51. The molecule has 0 aliphatic carbocycles. The predicted octanol–water partition coefficient (Wildman–Crippen LogP) is 3.61. The average molecular weight is 603 g/mol. The summed E-state index contributed by atoms with van der Waals surface area (Å²) in [5.74, 6) is 0.123. The number of rotatable bonds is 10. The van der Waals surface area contributed by atoms with E-state index in [1.807, 2.05) is 30.5 Å². The molecule has 0 unspecified atom stereocenters. The van der Waals surface area contributed by atoms with Crippen LogP contribution in [0.2, 0.25) is 0 Å². The van der Waals surface area contributed by atoms with Crippen LogP contribution in [0, 0.1) is 0 Å². The van der Waals surface area contributed by atoms with Crippen LogP contribution in [0.1, 0.15) is 70.3 Å². The van der Waals surface area contributed by atoms with Crippen molar-refractivity contribution in [3.8, 4) is 5.69 Å². The molecule has 0 saturated carbocycles. The molecule has 2 aromatic carbocycles. The second-order valence-corrected chi connectivity index (χ2v) is 13.2. The highest BCUT2D eigenvalue weighted by atomic mass is 16.3. The molecule has 4 aromatic rings. The summed E-state index contributed by atoms with van der Waals surface area (Å²) < 4.78 is 1.58. The third kappa shape index (κ3) is 10.3. The van der Waals surface area contributed by atoms with Crippen LogP contribution in [0.4, 0.5) is 0 Å². The van der Waals surface area contributed by atoms with E-state index in [2.05, 4.69) is 92.2 Å². The van der Waals surface area contributed by atoms with Gasteiger partial charge in [0, 0.05) is 41.8 Å². The van der Waals surface area contributed by atoms with E-state index >= 15 is 0 Å². The summed E-state index contributed by atoms with van der Waals surface area (Å²) in [7, 11) is 0. The highest BCUT2D eigenvalue weighted by molar-refractivity contribution is 5.76. The van der Waals surface area contributed by atoms with E-state index in [0.717, 1.165) is 48.3 Å². The van der Waals surface area contributed by atoms with Crippen molar-refractivity contribution in [2.45, 2.75) is 77.8 Å². The first kappa shape index (κ1) is 34.5. The standard InChI is InChI=1S/C21H29N7O.C13H21NO/c1-21(2,3)17-11-15-13-28(20(29)27-18(15)26-17)16-7-5-14(6-8-16)12-24-9-4-10-25-19(22)23;1-13(2,3)11-6-4-10(5-7-11)8-12(14)9-15/h5-8,11,13,24H,4,9-10,12H2,1-3H3,(H4,22,23,25)(H,26,27,29);4-7,12,15H,8-9,14H2,1-3H3/t;12-/m.0/s1. The van der Waals surface area contributed by atoms with Crippen LogP contribution in [0.3, 0.4) is 0 Å². The molecule has 2 heterocycles. The number of nitrogens with zero attached hydrogens (tertiary/aromatic N) is 3. The molecule has 10 nitrogen and oxygen atoms in total. The van der Waals surface area contributed by atoms with Gasteiger partial charge in [-0.05, 0) is 59.7 Å². The Kier molecular flexibility index (Phi) is 11.9. The van der Waals surface area contributed by atoms with Crippen molar-refractivity contribution in [2.24, 2.45) is 22.2 Å². The van der Waals surface area contributed by atoms with E-state index < -0.39 is 0 Å². The molecular formula is C34H50N8O2. The van der Waals surface area contributed by atoms with Crippen molar-refractivity contribution in [1.82, 2.24) is 19.9 Å². The normalized spacial score (nSPS) is 12.5. The van der Waals surface area contributed by atoms with Crippen LogP contribution < -0.4 is 28.2 Å². The highest BCUT2D eigenvalue weighted by Crippen LogP contribution is 2.25. The number of hydrogen-bond donors (Lipinski definition) is 6. The summed E-state index contributed by atoms with van der Waals surface area (Å²) in [4.78, 5) is 23.9. The van der Waals surface area contributed by atoms with Gasteiger partial charge in [0.15, 0.2) is 5.96 Å². The lowest BCUT2D eigenvalue weighted by molar-refractivity contribution is 0.265. The van der Waals surface area contributed by atoms with E-state index in [9.17, 15) is 4.79 Å². The molecule has 0 bridgehead atoms. The SMILES string of the molecule is CC(C)(C)c1cc2cn(-c3ccc(CNCCCN=C(N)N)cc3)c(=O)nc2[nH]1.CC(C)(C)c1ccc(C[C@H](N)CO)cc1. The molecule has 44 heavy (non-hydrogen) atoms. The second kappa shape index (κ2) is 15.1. The minimum atomic E-state index is -0.301. The Hall–Kier alpha value is -3.99. The van der Waals surface area contributed by atoms with Gasteiger partial charge in [-0.1, -0.05) is 77.9 Å². The zero-order valence-corrected chi connectivity index (χ0v) is 27.0. The maximum Gasteiger partial charge on any atom is 0.354 e. The van der Waals surface area contributed by atoms with Crippen molar-refractivity contribution in [3.63, 3.8) is 0 Å². The number of aliphatic hydroxyl groups is 1. The lowest BCUT2D eigenvalue weighted by atomic mass is 9.86. The minimum Gasteiger partial charge on any atom is -0.395 e. The quantitative estimate of drug-likeness (QED) is 0.0913. The largest absolute Gasteiger partial charge is 0.395 e. The van der Waals surface area contributed by atoms with Gasteiger partial charge in [0.2, 0.25) is 0 Å². The van der Waals surface area contributed by atoms with Crippen LogP contribution in [0.5, 0.6) is 0 Å². The smallest absolute Gasteiger partial charge is 0.354 e. The fraction of sp³-hybridized carbons (Fsp3) is 0.441. The molecule has 0 aliphatic rings. The van der Waals surface area contributed by atoms with Crippen molar-refractivity contribution in [1.29, 1.82) is 0 Å². The molecule has 1 atom stereocenters. The molecule has 0 spiro atoms. The Bertz CT molecular complexity index is 1550. The van der Waals surface area contributed by atoms with Crippen molar-refractivity contribution in [3.05, 3.63) is 93.7 Å². The minimum absolute atomic E-state index is 0.0352. The molecule has 238 valence electrons. The number of benzene rings is 2. The predicted molar refractivity (Wildman–Crippen MR) is 181 cm³/mol. The van der Waals surface area contributed by atoms with Gasteiger partial charge in [-0.2, -0.15) is 4.98 Å².